The number of hydrogen-bond acceptors (Lipinski definition) is 5. The van der Waals surface area contributed by atoms with Crippen molar-refractivity contribution in [2.24, 2.45) is 0 Å². The third-order valence-electron chi connectivity index (χ3n) is 3.36. The molecule has 6 nitrogen and oxygen atoms in total. The standard InChI is InChI=1S/C16H18N2O4S/c1-11-7-8-13(16(19)22-3)10-15(11)23(20,21)18-12(2)14-6-4-5-9-17-14/h4-10,12,18H,1-3H3. The maximum atomic E-state index is 12.6. The summed E-state index contributed by atoms with van der Waals surface area (Å²) in [5.74, 6) is -0.584. The number of methoxy groups -OCH3 is 1. The zero-order valence-corrected chi connectivity index (χ0v) is 13.9. The van der Waals surface area contributed by atoms with E-state index in [-0.39, 0.29) is 10.5 Å². The number of esters is 1. The molecule has 0 aliphatic rings. The Kier molecular flexibility index (Phi) is 5.12. The molecule has 1 aromatic carbocycles. The van der Waals surface area contributed by atoms with E-state index in [1.807, 2.05) is 0 Å². The van der Waals surface area contributed by atoms with Crippen LogP contribution < -0.4 is 4.72 Å². The van der Waals surface area contributed by atoms with Gasteiger partial charge in [0.15, 0.2) is 0 Å². The molecule has 2 aromatic rings. The summed E-state index contributed by atoms with van der Waals surface area (Å²) in [4.78, 5) is 15.8. The van der Waals surface area contributed by atoms with Crippen LogP contribution in [-0.4, -0.2) is 26.5 Å². The van der Waals surface area contributed by atoms with Gasteiger partial charge in [-0.25, -0.2) is 17.9 Å². The molecular formula is C16H18N2O4S. The number of nitrogens with zero attached hydrogens (tertiary/aromatic N) is 1. The van der Waals surface area contributed by atoms with E-state index in [0.29, 0.717) is 11.3 Å². The molecule has 1 atom stereocenters. The van der Waals surface area contributed by atoms with Crippen molar-refractivity contribution in [3.05, 3.63) is 59.4 Å². The molecule has 0 saturated carbocycles. The van der Waals surface area contributed by atoms with Crippen molar-refractivity contribution in [2.75, 3.05) is 7.11 Å². The monoisotopic (exact) mass is 334 g/mol. The quantitative estimate of drug-likeness (QED) is 0.847. The van der Waals surface area contributed by atoms with Gasteiger partial charge in [-0.3, -0.25) is 4.98 Å². The first-order valence-electron chi connectivity index (χ1n) is 6.97. The van der Waals surface area contributed by atoms with Crippen LogP contribution in [0.5, 0.6) is 0 Å². The average Bonchev–Trinajstić information content (AvgIpc) is 2.54. The van der Waals surface area contributed by atoms with E-state index < -0.39 is 22.0 Å². The van der Waals surface area contributed by atoms with Crippen molar-refractivity contribution < 1.29 is 17.9 Å². The molecule has 0 aliphatic carbocycles. The van der Waals surface area contributed by atoms with E-state index in [1.54, 1.807) is 44.3 Å². The van der Waals surface area contributed by atoms with Gasteiger partial charge >= 0.3 is 5.97 Å². The predicted molar refractivity (Wildman–Crippen MR) is 85.5 cm³/mol. The molecule has 0 saturated heterocycles. The SMILES string of the molecule is COC(=O)c1ccc(C)c(S(=O)(=O)NC(C)c2ccccn2)c1. The average molecular weight is 334 g/mol. The van der Waals surface area contributed by atoms with Crippen molar-refractivity contribution in [3.8, 4) is 0 Å². The summed E-state index contributed by atoms with van der Waals surface area (Å²) in [6.07, 6.45) is 1.60. The van der Waals surface area contributed by atoms with Crippen LogP contribution >= 0.6 is 0 Å². The summed E-state index contributed by atoms with van der Waals surface area (Å²) < 4.78 is 32.4. The number of carbonyl (C=O) groups is 1. The van der Waals surface area contributed by atoms with E-state index in [9.17, 15) is 13.2 Å². The van der Waals surface area contributed by atoms with Gasteiger partial charge < -0.3 is 4.74 Å². The fraction of sp³-hybridized carbons (Fsp3) is 0.250. The van der Waals surface area contributed by atoms with Gasteiger partial charge in [0.25, 0.3) is 0 Å². The maximum Gasteiger partial charge on any atom is 0.337 e. The Morgan fingerprint density at radius 2 is 2.00 bits per heavy atom. The number of sulfonamides is 1. The molecule has 0 amide bonds. The topological polar surface area (TPSA) is 85.4 Å². The Morgan fingerprint density at radius 3 is 2.61 bits per heavy atom. The van der Waals surface area contributed by atoms with Crippen LogP contribution in [-0.2, 0) is 14.8 Å². The Labute approximate surface area is 135 Å². The molecule has 0 radical (unpaired) electrons. The number of aromatic nitrogens is 1. The maximum absolute atomic E-state index is 12.6. The lowest BCUT2D eigenvalue weighted by molar-refractivity contribution is 0.0600. The first-order chi connectivity index (χ1) is 10.8. The Bertz CT molecular complexity index is 804. The molecule has 1 N–H and O–H groups in total. The minimum Gasteiger partial charge on any atom is -0.465 e. The van der Waals surface area contributed by atoms with Gasteiger partial charge in [-0.1, -0.05) is 12.1 Å². The molecule has 0 aliphatic heterocycles. The molecule has 0 bridgehead atoms. The predicted octanol–water partition coefficient (Wildman–Crippen LogP) is 2.22. The van der Waals surface area contributed by atoms with Gasteiger partial charge in [0.2, 0.25) is 10.0 Å². The third-order valence-corrected chi connectivity index (χ3v) is 5.04. The minimum absolute atomic E-state index is 0.0446. The van der Waals surface area contributed by atoms with Crippen LogP contribution in [0.25, 0.3) is 0 Å². The second kappa shape index (κ2) is 6.89. The molecule has 122 valence electrons. The summed E-state index contributed by atoms with van der Waals surface area (Å²) in [7, 11) is -2.55. The molecule has 1 unspecified atom stereocenters. The summed E-state index contributed by atoms with van der Waals surface area (Å²) in [6.45, 7) is 3.38. The van der Waals surface area contributed by atoms with E-state index in [1.165, 1.54) is 19.2 Å². The van der Waals surface area contributed by atoms with Crippen LogP contribution in [0.3, 0.4) is 0 Å². The zero-order chi connectivity index (χ0) is 17.0. The molecule has 7 heteroatoms. The molecule has 0 spiro atoms. The van der Waals surface area contributed by atoms with Crippen LogP contribution in [0.1, 0.15) is 34.6 Å². The van der Waals surface area contributed by atoms with Crippen LogP contribution in [0.15, 0.2) is 47.5 Å². The number of benzene rings is 1. The van der Waals surface area contributed by atoms with Gasteiger partial charge in [-0.15, -0.1) is 0 Å². The van der Waals surface area contributed by atoms with E-state index in [4.69, 9.17) is 0 Å². The highest BCUT2D eigenvalue weighted by molar-refractivity contribution is 7.89. The molecule has 1 heterocycles. The third kappa shape index (κ3) is 3.94. The van der Waals surface area contributed by atoms with Crippen LogP contribution in [0.4, 0.5) is 0 Å². The van der Waals surface area contributed by atoms with Gasteiger partial charge in [0, 0.05) is 6.20 Å². The summed E-state index contributed by atoms with van der Waals surface area (Å²) in [6, 6.07) is 9.21. The van der Waals surface area contributed by atoms with Crippen LogP contribution in [0.2, 0.25) is 0 Å². The lowest BCUT2D eigenvalue weighted by Gasteiger charge is -2.15. The summed E-state index contributed by atoms with van der Waals surface area (Å²) >= 11 is 0. The zero-order valence-electron chi connectivity index (χ0n) is 13.1. The van der Waals surface area contributed by atoms with E-state index >= 15 is 0 Å². The highest BCUT2D eigenvalue weighted by atomic mass is 32.2. The number of ether oxygens (including phenoxy) is 1. The first-order valence-corrected chi connectivity index (χ1v) is 8.45. The van der Waals surface area contributed by atoms with Crippen molar-refractivity contribution in [2.45, 2.75) is 24.8 Å². The minimum atomic E-state index is -3.80. The van der Waals surface area contributed by atoms with Crippen LogP contribution in [0, 0.1) is 6.92 Å². The van der Waals surface area contributed by atoms with Crippen molar-refractivity contribution in [1.82, 2.24) is 9.71 Å². The van der Waals surface area contributed by atoms with Crippen molar-refractivity contribution in [3.63, 3.8) is 0 Å². The molecule has 23 heavy (non-hydrogen) atoms. The Morgan fingerprint density at radius 1 is 1.26 bits per heavy atom. The molecule has 2 rings (SSSR count). The lowest BCUT2D eigenvalue weighted by atomic mass is 10.1. The van der Waals surface area contributed by atoms with Gasteiger partial charge in [0.05, 0.1) is 29.3 Å². The second-order valence-electron chi connectivity index (χ2n) is 5.07. The van der Waals surface area contributed by atoms with E-state index in [2.05, 4.69) is 14.4 Å². The molecule has 1 aromatic heterocycles. The van der Waals surface area contributed by atoms with E-state index in [0.717, 1.165) is 0 Å². The second-order valence-corrected chi connectivity index (χ2v) is 6.75. The van der Waals surface area contributed by atoms with Gasteiger partial charge in [-0.2, -0.15) is 0 Å². The highest BCUT2D eigenvalue weighted by Crippen LogP contribution is 2.20. The molecule has 0 fully saturated rings. The summed E-state index contributed by atoms with van der Waals surface area (Å²) in [5, 5.41) is 0. The Hall–Kier alpha value is -2.25. The largest absolute Gasteiger partial charge is 0.465 e. The smallest absolute Gasteiger partial charge is 0.337 e. The first kappa shape index (κ1) is 17.1. The van der Waals surface area contributed by atoms with Gasteiger partial charge in [0.1, 0.15) is 0 Å². The number of hydrogen-bond donors (Lipinski definition) is 1. The fourth-order valence-corrected chi connectivity index (χ4v) is 3.61. The highest BCUT2D eigenvalue weighted by Gasteiger charge is 2.22. The fourth-order valence-electron chi connectivity index (χ4n) is 2.12. The number of pyridine rings is 1. The van der Waals surface area contributed by atoms with Gasteiger partial charge in [-0.05, 0) is 43.7 Å². The summed E-state index contributed by atoms with van der Waals surface area (Å²) in [5.41, 5.74) is 1.33. The lowest BCUT2D eigenvalue weighted by Crippen LogP contribution is -2.28. The number of rotatable bonds is 5. The number of carbonyl (C=O) groups excluding carboxylic acids is 1. The number of nitrogens with one attached hydrogen (secondary N) is 1. The van der Waals surface area contributed by atoms with Crippen molar-refractivity contribution >= 4 is 16.0 Å². The van der Waals surface area contributed by atoms with Crippen molar-refractivity contribution in [1.29, 1.82) is 0 Å². The molecular weight excluding hydrogens is 316 g/mol. The Balaban J connectivity index is 2.34. The normalized spacial score (nSPS) is 12.7. The number of aryl methyl sites for hydroxylation is 1.